The number of pyridine rings is 1. The fourth-order valence-corrected chi connectivity index (χ4v) is 4.02. The van der Waals surface area contributed by atoms with Gasteiger partial charge in [-0.2, -0.15) is 13.2 Å². The Morgan fingerprint density at radius 2 is 1.87 bits per heavy atom. The molecule has 1 aliphatic rings. The van der Waals surface area contributed by atoms with Gasteiger partial charge in [-0.25, -0.2) is 14.6 Å². The van der Waals surface area contributed by atoms with Gasteiger partial charge in [0.15, 0.2) is 5.72 Å². The molecule has 0 saturated heterocycles. The number of anilines is 1. The summed E-state index contributed by atoms with van der Waals surface area (Å²) in [5.74, 6) is -2.82. The third-order valence-electron chi connectivity index (χ3n) is 5.77. The zero-order valence-corrected chi connectivity index (χ0v) is 20.1. The SMILES string of the molecule is COC(=O)Nc1nc2ccc(C3(O)c4ccccc4C(=O)N3Cc3cccnc3)cc2[nH]1.O=C(O)C(F)(F)F. The van der Waals surface area contributed by atoms with Gasteiger partial charge < -0.3 is 19.9 Å². The first kappa shape index (κ1) is 27.1. The zero-order chi connectivity index (χ0) is 28.4. The van der Waals surface area contributed by atoms with Crippen LogP contribution in [-0.4, -0.2) is 61.3 Å². The smallest absolute Gasteiger partial charge is 0.475 e. The Kier molecular flexibility index (Phi) is 7.23. The van der Waals surface area contributed by atoms with Gasteiger partial charge in [-0.15, -0.1) is 0 Å². The number of H-pyrrole nitrogens is 1. The number of ether oxygens (including phenoxy) is 1. The first-order valence-corrected chi connectivity index (χ1v) is 11.1. The summed E-state index contributed by atoms with van der Waals surface area (Å²) in [4.78, 5) is 46.5. The first-order chi connectivity index (χ1) is 18.4. The number of carboxylic acid groups (broad SMARTS) is 1. The monoisotopic (exact) mass is 543 g/mol. The van der Waals surface area contributed by atoms with E-state index >= 15 is 0 Å². The van der Waals surface area contributed by atoms with Crippen LogP contribution in [0.25, 0.3) is 11.0 Å². The van der Waals surface area contributed by atoms with Crippen molar-refractivity contribution in [2.45, 2.75) is 18.4 Å². The number of benzene rings is 2. The molecule has 1 aliphatic heterocycles. The minimum atomic E-state index is -5.08. The number of fused-ring (bicyclic) bond motifs is 2. The average molecular weight is 543 g/mol. The topological polar surface area (TPSA) is 158 Å². The second-order valence-electron chi connectivity index (χ2n) is 8.21. The number of nitrogens with one attached hydrogen (secondary N) is 2. The summed E-state index contributed by atoms with van der Waals surface area (Å²) in [7, 11) is 1.26. The second-order valence-corrected chi connectivity index (χ2v) is 8.21. The molecule has 0 aliphatic carbocycles. The number of amides is 2. The lowest BCUT2D eigenvalue weighted by atomic mass is 9.93. The number of halogens is 3. The van der Waals surface area contributed by atoms with Crippen molar-refractivity contribution in [3.05, 3.63) is 89.2 Å². The van der Waals surface area contributed by atoms with Crippen LogP contribution >= 0.6 is 0 Å². The Balaban J connectivity index is 0.000000448. The number of imidazole rings is 1. The van der Waals surface area contributed by atoms with Crippen LogP contribution in [0, 0.1) is 0 Å². The quantitative estimate of drug-likeness (QED) is 0.304. The normalized spacial score (nSPS) is 16.3. The standard InChI is InChI=1S/C23H19N5O4.C2HF3O2/c1-32-22(30)27-21-25-18-9-8-15(11-19(18)26-21)23(31)17-7-3-2-6-16(17)20(29)28(23)13-14-5-4-10-24-12-14;3-2(4,5)1(6)7/h2-12,31H,13H2,1H3,(H2,25,26,27,30);(H,6,7). The molecule has 39 heavy (non-hydrogen) atoms. The molecule has 0 spiro atoms. The summed E-state index contributed by atoms with van der Waals surface area (Å²) in [5, 5.41) is 21.6. The zero-order valence-electron chi connectivity index (χ0n) is 20.1. The van der Waals surface area contributed by atoms with Crippen LogP contribution in [0.2, 0.25) is 0 Å². The average Bonchev–Trinajstić information content (AvgIpc) is 3.41. The predicted molar refractivity (Wildman–Crippen MR) is 129 cm³/mol. The summed E-state index contributed by atoms with van der Waals surface area (Å²) < 4.78 is 36.3. The number of rotatable bonds is 4. The highest BCUT2D eigenvalue weighted by molar-refractivity contribution is 6.00. The summed E-state index contributed by atoms with van der Waals surface area (Å²) in [6.07, 6.45) is -2.41. The lowest BCUT2D eigenvalue weighted by Gasteiger charge is -2.35. The Morgan fingerprint density at radius 3 is 2.51 bits per heavy atom. The molecule has 1 atom stereocenters. The van der Waals surface area contributed by atoms with Gasteiger partial charge >= 0.3 is 18.2 Å². The van der Waals surface area contributed by atoms with Crippen molar-refractivity contribution >= 4 is 35.0 Å². The summed E-state index contributed by atoms with van der Waals surface area (Å²) >= 11 is 0. The van der Waals surface area contributed by atoms with Crippen molar-refractivity contribution in [1.29, 1.82) is 0 Å². The number of nitrogens with zero attached hydrogens (tertiary/aromatic N) is 3. The molecule has 0 bridgehead atoms. The van der Waals surface area contributed by atoms with Crippen molar-refractivity contribution in [3.8, 4) is 0 Å². The fraction of sp³-hybridized carbons (Fsp3) is 0.160. The molecule has 0 fully saturated rings. The molecule has 3 heterocycles. The molecule has 0 saturated carbocycles. The Bertz CT molecular complexity index is 1540. The third-order valence-corrected chi connectivity index (χ3v) is 5.77. The maximum Gasteiger partial charge on any atom is 0.490 e. The van der Waals surface area contributed by atoms with E-state index < -0.39 is 24.0 Å². The van der Waals surface area contributed by atoms with Crippen LogP contribution in [-0.2, 0) is 21.8 Å². The summed E-state index contributed by atoms with van der Waals surface area (Å²) in [6.45, 7) is 0.175. The van der Waals surface area contributed by atoms with Crippen molar-refractivity contribution in [1.82, 2.24) is 19.9 Å². The van der Waals surface area contributed by atoms with Crippen molar-refractivity contribution in [3.63, 3.8) is 0 Å². The molecule has 2 amide bonds. The van der Waals surface area contributed by atoms with Gasteiger partial charge in [0.25, 0.3) is 5.91 Å². The number of carbonyl (C=O) groups is 3. The maximum atomic E-state index is 13.3. The first-order valence-electron chi connectivity index (χ1n) is 11.1. The van der Waals surface area contributed by atoms with Gasteiger partial charge in [-0.3, -0.25) is 20.0 Å². The highest BCUT2D eigenvalue weighted by Gasteiger charge is 2.49. The van der Waals surface area contributed by atoms with Crippen LogP contribution in [0.4, 0.5) is 23.9 Å². The predicted octanol–water partition coefficient (Wildman–Crippen LogP) is 3.62. The number of hydrogen-bond acceptors (Lipinski definition) is 7. The molecule has 202 valence electrons. The van der Waals surface area contributed by atoms with Crippen LogP contribution in [0.3, 0.4) is 0 Å². The Morgan fingerprint density at radius 1 is 1.15 bits per heavy atom. The van der Waals surface area contributed by atoms with Gasteiger partial charge in [0.2, 0.25) is 5.95 Å². The van der Waals surface area contributed by atoms with Crippen LogP contribution in [0.5, 0.6) is 0 Å². The lowest BCUT2D eigenvalue weighted by Crippen LogP contribution is -2.44. The molecule has 4 aromatic rings. The molecule has 5 rings (SSSR count). The molecule has 2 aromatic carbocycles. The van der Waals surface area contributed by atoms with Gasteiger partial charge in [0.1, 0.15) is 0 Å². The molecule has 1 unspecified atom stereocenters. The van der Waals surface area contributed by atoms with E-state index in [1.165, 1.54) is 12.0 Å². The second kappa shape index (κ2) is 10.4. The third kappa shape index (κ3) is 5.36. The highest BCUT2D eigenvalue weighted by atomic mass is 19.4. The largest absolute Gasteiger partial charge is 0.490 e. The number of alkyl halides is 3. The van der Waals surface area contributed by atoms with E-state index in [1.807, 2.05) is 6.07 Å². The van der Waals surface area contributed by atoms with E-state index in [2.05, 4.69) is 25.0 Å². The van der Waals surface area contributed by atoms with Crippen LogP contribution in [0.1, 0.15) is 27.0 Å². The molecular weight excluding hydrogens is 523 g/mol. The highest BCUT2D eigenvalue weighted by Crippen LogP contribution is 2.43. The Labute approximate surface area is 217 Å². The number of carboxylic acids is 1. The van der Waals surface area contributed by atoms with Gasteiger partial charge in [-0.05, 0) is 29.8 Å². The lowest BCUT2D eigenvalue weighted by molar-refractivity contribution is -0.192. The van der Waals surface area contributed by atoms with E-state index in [1.54, 1.807) is 60.9 Å². The molecule has 11 nitrogen and oxygen atoms in total. The number of aromatic nitrogens is 3. The minimum absolute atomic E-state index is 0.175. The number of aromatic amines is 1. The van der Waals surface area contributed by atoms with E-state index in [0.717, 1.165) is 5.56 Å². The number of aliphatic carboxylic acids is 1. The van der Waals surface area contributed by atoms with Crippen molar-refractivity contribution in [2.24, 2.45) is 0 Å². The minimum Gasteiger partial charge on any atom is -0.475 e. The number of carbonyl (C=O) groups excluding carboxylic acids is 2. The van der Waals surface area contributed by atoms with E-state index in [4.69, 9.17) is 9.90 Å². The van der Waals surface area contributed by atoms with E-state index in [0.29, 0.717) is 27.7 Å². The summed E-state index contributed by atoms with van der Waals surface area (Å²) in [6, 6.07) is 15.8. The van der Waals surface area contributed by atoms with Crippen LogP contribution < -0.4 is 5.32 Å². The molecular formula is C25H20F3N5O6. The summed E-state index contributed by atoms with van der Waals surface area (Å²) in [5.41, 5.74) is 1.69. The van der Waals surface area contributed by atoms with Gasteiger partial charge in [0.05, 0.1) is 24.7 Å². The van der Waals surface area contributed by atoms with E-state index in [9.17, 15) is 27.9 Å². The van der Waals surface area contributed by atoms with Gasteiger partial charge in [-0.1, -0.05) is 30.3 Å². The van der Waals surface area contributed by atoms with Crippen molar-refractivity contribution in [2.75, 3.05) is 12.4 Å². The fourth-order valence-electron chi connectivity index (χ4n) is 4.02. The molecule has 14 heteroatoms. The molecule has 4 N–H and O–H groups in total. The number of hydrogen-bond donors (Lipinski definition) is 4. The van der Waals surface area contributed by atoms with Gasteiger partial charge in [0, 0.05) is 29.1 Å². The molecule has 2 aromatic heterocycles. The van der Waals surface area contributed by atoms with Crippen molar-refractivity contribution < 1.29 is 42.5 Å². The molecule has 0 radical (unpaired) electrons. The number of methoxy groups -OCH3 is 1. The Hall–Kier alpha value is -4.98. The maximum absolute atomic E-state index is 13.3. The van der Waals surface area contributed by atoms with Crippen LogP contribution in [0.15, 0.2) is 67.0 Å². The van der Waals surface area contributed by atoms with E-state index in [-0.39, 0.29) is 18.4 Å². The number of aliphatic hydroxyl groups is 1.